The molecule has 1 aromatic carbocycles. The van der Waals surface area contributed by atoms with Gasteiger partial charge in [-0.05, 0) is 37.1 Å². The van der Waals surface area contributed by atoms with Gasteiger partial charge in [0.25, 0.3) is 6.29 Å². The molecule has 1 unspecified atom stereocenters. The molecule has 0 saturated heterocycles. The van der Waals surface area contributed by atoms with E-state index in [1.165, 1.54) is 13.0 Å². The van der Waals surface area contributed by atoms with Gasteiger partial charge in [-0.3, -0.25) is 0 Å². The molecule has 1 N–H and O–H groups in total. The number of hydrogen-bond acceptors (Lipinski definition) is 6. The lowest BCUT2D eigenvalue weighted by molar-refractivity contribution is -0.503. The standard InChI is InChI=1S/C15H14ClF3N2O5/c1-6-4-11-9(7(2)12(6)16)5-10(13(25-11)15(17,18)19)14(22)24-8(3)26-21-20-23/h4-5,8,13,20H,1-3H3/t8?,13-/m0/s1. The fourth-order valence-electron chi connectivity index (χ4n) is 2.38. The quantitative estimate of drug-likeness (QED) is 0.366. The number of carbonyl (C=O) groups excluding carboxylic acids is 1. The Labute approximate surface area is 150 Å². The second-order valence-electron chi connectivity index (χ2n) is 5.44. The molecule has 0 spiro atoms. The lowest BCUT2D eigenvalue weighted by atomic mass is 9.96. The average Bonchev–Trinajstić information content (AvgIpc) is 2.56. The summed E-state index contributed by atoms with van der Waals surface area (Å²) in [6.07, 6.45) is -7.77. The summed E-state index contributed by atoms with van der Waals surface area (Å²) in [4.78, 5) is 16.6. The molecule has 1 aromatic rings. The molecule has 26 heavy (non-hydrogen) atoms. The first-order chi connectivity index (χ1) is 12.1. The normalized spacial score (nSPS) is 18.0. The van der Waals surface area contributed by atoms with Crippen molar-refractivity contribution in [2.75, 3.05) is 0 Å². The largest absolute Gasteiger partial charge is 0.599 e. The number of nitrogens with one attached hydrogen (secondary N) is 1. The fourth-order valence-corrected chi connectivity index (χ4v) is 2.54. The Bertz CT molecular complexity index is 780. The van der Waals surface area contributed by atoms with Crippen LogP contribution < -0.4 is 10.0 Å². The maximum Gasteiger partial charge on any atom is 0.430 e. The minimum absolute atomic E-state index is 0.0434. The van der Waals surface area contributed by atoms with Crippen LogP contribution in [0.3, 0.4) is 0 Å². The molecular formula is C15H14ClF3N2O5. The number of benzene rings is 1. The zero-order valence-corrected chi connectivity index (χ0v) is 14.6. The van der Waals surface area contributed by atoms with Gasteiger partial charge in [-0.1, -0.05) is 16.9 Å². The van der Waals surface area contributed by atoms with Crippen LogP contribution >= 0.6 is 11.6 Å². The molecule has 1 heterocycles. The van der Waals surface area contributed by atoms with Crippen LogP contribution in [-0.4, -0.2) is 24.5 Å². The fraction of sp³-hybridized carbons (Fsp3) is 0.400. The molecule has 2 rings (SSSR count). The lowest BCUT2D eigenvalue weighted by Crippen LogP contribution is -2.56. The van der Waals surface area contributed by atoms with Gasteiger partial charge in [-0.15, -0.1) is 0 Å². The lowest BCUT2D eigenvalue weighted by Gasteiger charge is -2.29. The third-order valence-electron chi connectivity index (χ3n) is 3.56. The summed E-state index contributed by atoms with van der Waals surface area (Å²) in [5.74, 6) is -1.37. The van der Waals surface area contributed by atoms with E-state index in [1.54, 1.807) is 13.8 Å². The molecule has 2 atom stereocenters. The molecule has 1 aliphatic rings. The second kappa shape index (κ2) is 7.40. The molecule has 0 aliphatic carbocycles. The third-order valence-corrected chi connectivity index (χ3v) is 4.15. The van der Waals surface area contributed by atoms with Crippen molar-refractivity contribution in [2.24, 2.45) is 5.28 Å². The Balaban J connectivity index is 2.45. The van der Waals surface area contributed by atoms with Gasteiger partial charge < -0.3 is 19.5 Å². The Hall–Kier alpha value is -2.49. The Morgan fingerprint density at radius 3 is 2.69 bits per heavy atom. The van der Waals surface area contributed by atoms with Crippen molar-refractivity contribution >= 4 is 23.6 Å². The Morgan fingerprint density at radius 1 is 1.46 bits per heavy atom. The van der Waals surface area contributed by atoms with E-state index >= 15 is 0 Å². The van der Waals surface area contributed by atoms with E-state index in [0.717, 1.165) is 11.4 Å². The average molecular weight is 395 g/mol. The third kappa shape index (κ3) is 4.01. The molecule has 0 saturated carbocycles. The number of esters is 1. The van der Waals surface area contributed by atoms with E-state index in [2.05, 4.69) is 10.1 Å². The molecule has 1 aliphatic heterocycles. The number of ether oxygens (including phenoxy) is 2. The van der Waals surface area contributed by atoms with Crippen molar-refractivity contribution in [3.8, 4) is 5.75 Å². The van der Waals surface area contributed by atoms with Gasteiger partial charge in [0, 0.05) is 17.5 Å². The van der Waals surface area contributed by atoms with Crippen LogP contribution in [0.1, 0.15) is 23.6 Å². The van der Waals surface area contributed by atoms with Gasteiger partial charge in [0.1, 0.15) is 5.75 Å². The van der Waals surface area contributed by atoms with E-state index < -0.39 is 30.1 Å². The molecule has 0 radical (unpaired) electrons. The summed E-state index contributed by atoms with van der Waals surface area (Å²) in [5.41, 5.74) is 0.463. The number of fused-ring (bicyclic) bond motifs is 1. The van der Waals surface area contributed by atoms with E-state index in [0.29, 0.717) is 16.1 Å². The molecule has 142 valence electrons. The van der Waals surface area contributed by atoms with E-state index in [9.17, 15) is 23.2 Å². The number of hydrogen-bond donors (Lipinski definition) is 1. The summed E-state index contributed by atoms with van der Waals surface area (Å²) in [6, 6.07) is 1.37. The number of nitrogens with zero attached hydrogens (tertiary/aromatic N) is 1. The second-order valence-corrected chi connectivity index (χ2v) is 5.82. The highest BCUT2D eigenvalue weighted by molar-refractivity contribution is 6.32. The highest BCUT2D eigenvalue weighted by Gasteiger charge is 2.49. The van der Waals surface area contributed by atoms with E-state index in [1.807, 2.05) is 0 Å². The van der Waals surface area contributed by atoms with Gasteiger partial charge in [0.2, 0.25) is 11.4 Å². The van der Waals surface area contributed by atoms with Crippen LogP contribution in [0.25, 0.3) is 6.08 Å². The maximum absolute atomic E-state index is 13.4. The zero-order chi connectivity index (χ0) is 19.6. The van der Waals surface area contributed by atoms with Gasteiger partial charge in [-0.2, -0.15) is 13.2 Å². The van der Waals surface area contributed by atoms with Crippen LogP contribution in [0.2, 0.25) is 5.02 Å². The summed E-state index contributed by atoms with van der Waals surface area (Å²) in [6.45, 7) is 4.39. The van der Waals surface area contributed by atoms with Crippen molar-refractivity contribution in [3.05, 3.63) is 38.6 Å². The minimum atomic E-state index is -4.87. The summed E-state index contributed by atoms with van der Waals surface area (Å²) >= 11 is 6.12. The molecule has 0 bridgehead atoms. The molecular weight excluding hydrogens is 381 g/mol. The van der Waals surface area contributed by atoms with Crippen molar-refractivity contribution in [2.45, 2.75) is 39.3 Å². The van der Waals surface area contributed by atoms with Crippen molar-refractivity contribution in [3.63, 3.8) is 0 Å². The first-order valence-electron chi connectivity index (χ1n) is 7.25. The van der Waals surface area contributed by atoms with Crippen LogP contribution in [0.4, 0.5) is 13.2 Å². The van der Waals surface area contributed by atoms with Gasteiger partial charge >= 0.3 is 12.1 Å². The molecule has 0 amide bonds. The monoisotopic (exact) mass is 394 g/mol. The van der Waals surface area contributed by atoms with E-state index in [-0.39, 0.29) is 11.3 Å². The Kier molecular flexibility index (Phi) is 5.65. The van der Waals surface area contributed by atoms with E-state index in [4.69, 9.17) is 21.1 Å². The van der Waals surface area contributed by atoms with Crippen molar-refractivity contribution in [1.29, 1.82) is 0 Å². The van der Waals surface area contributed by atoms with Crippen molar-refractivity contribution in [1.82, 2.24) is 0 Å². The number of aryl methyl sites for hydroxylation is 1. The maximum atomic E-state index is 13.4. The van der Waals surface area contributed by atoms with Gasteiger partial charge in [0.05, 0.1) is 5.57 Å². The van der Waals surface area contributed by atoms with Gasteiger partial charge in [0.15, 0.2) is 0 Å². The van der Waals surface area contributed by atoms with Crippen LogP contribution in [-0.2, 0) is 14.4 Å². The van der Waals surface area contributed by atoms with Crippen LogP contribution in [0.15, 0.2) is 16.9 Å². The summed E-state index contributed by atoms with van der Waals surface area (Å²) < 4.78 is 49.8. The highest BCUT2D eigenvalue weighted by Crippen LogP contribution is 2.41. The SMILES string of the molecule is Cc1cc2c(c(C)c1Cl)C=C(C(=O)OC(C)O/N=[NH+]\[O-])[C@@H](C(F)(F)F)O2. The summed E-state index contributed by atoms with van der Waals surface area (Å²) in [7, 11) is 0. The predicted molar refractivity (Wildman–Crippen MR) is 82.8 cm³/mol. The van der Waals surface area contributed by atoms with Crippen LogP contribution in [0.5, 0.6) is 5.75 Å². The van der Waals surface area contributed by atoms with Crippen molar-refractivity contribution < 1.29 is 37.6 Å². The first-order valence-corrected chi connectivity index (χ1v) is 7.62. The topological polar surface area (TPSA) is 94.2 Å². The molecule has 0 fully saturated rings. The number of rotatable bonds is 4. The number of halogens is 4. The van der Waals surface area contributed by atoms with Crippen LogP contribution in [0, 0.1) is 19.1 Å². The highest BCUT2D eigenvalue weighted by atomic mass is 35.5. The number of alkyl halides is 3. The smallest absolute Gasteiger partial charge is 0.430 e. The molecule has 7 nitrogen and oxygen atoms in total. The van der Waals surface area contributed by atoms with Gasteiger partial charge in [-0.25, -0.2) is 4.79 Å². The Morgan fingerprint density at radius 2 is 2.12 bits per heavy atom. The molecule has 11 heteroatoms. The summed E-state index contributed by atoms with van der Waals surface area (Å²) in [5, 5.41) is 14.1. The number of carbonyl (C=O) groups is 1. The predicted octanol–water partition coefficient (Wildman–Crippen LogP) is 2.51. The molecule has 0 aromatic heterocycles. The zero-order valence-electron chi connectivity index (χ0n) is 13.8. The minimum Gasteiger partial charge on any atom is -0.599 e. The first kappa shape index (κ1) is 19.8.